The molecule has 0 fully saturated rings. The largest absolute Gasteiger partial charge is 0.236 e. The van der Waals surface area contributed by atoms with Crippen molar-refractivity contribution in [2.75, 3.05) is 0 Å². The number of aromatic nitrogens is 2. The summed E-state index contributed by atoms with van der Waals surface area (Å²) < 4.78 is 3.54. The van der Waals surface area contributed by atoms with E-state index in [-0.39, 0.29) is 0 Å². The molecule has 126 valence electrons. The molecule has 0 saturated carbocycles. The van der Waals surface area contributed by atoms with E-state index in [1.165, 1.54) is 15.0 Å². The van der Waals surface area contributed by atoms with Gasteiger partial charge in [0.25, 0.3) is 0 Å². The number of para-hydroxylation sites is 2. The lowest BCUT2D eigenvalue weighted by Crippen LogP contribution is -1.80. The third kappa shape index (κ3) is 3.03. The van der Waals surface area contributed by atoms with Gasteiger partial charge in [-0.2, -0.15) is 0 Å². The van der Waals surface area contributed by atoms with E-state index < -0.39 is 0 Å². The number of hydrogen-bond acceptors (Lipinski definition) is 5. The molecule has 0 unspecified atom stereocenters. The van der Waals surface area contributed by atoms with Gasteiger partial charge in [0, 0.05) is 11.3 Å². The average molecular weight is 391 g/mol. The van der Waals surface area contributed by atoms with Gasteiger partial charge in [0.15, 0.2) is 4.34 Å². The highest BCUT2D eigenvalue weighted by Gasteiger charge is 2.13. The topological polar surface area (TPSA) is 25.8 Å². The number of fused-ring (bicyclic) bond motifs is 2. The minimum absolute atomic E-state index is 0.942. The van der Waals surface area contributed by atoms with Gasteiger partial charge >= 0.3 is 0 Å². The number of thioether (sulfide) groups is 1. The van der Waals surface area contributed by atoms with E-state index in [9.17, 15) is 0 Å². The van der Waals surface area contributed by atoms with Crippen LogP contribution in [0.3, 0.4) is 0 Å². The van der Waals surface area contributed by atoms with E-state index in [1.807, 2.05) is 6.07 Å². The van der Waals surface area contributed by atoms with Gasteiger partial charge < -0.3 is 0 Å². The van der Waals surface area contributed by atoms with E-state index in [4.69, 9.17) is 9.97 Å². The Morgan fingerprint density at radius 1 is 0.731 bits per heavy atom. The van der Waals surface area contributed by atoms with Crippen molar-refractivity contribution in [3.05, 3.63) is 78.4 Å². The van der Waals surface area contributed by atoms with E-state index in [0.717, 1.165) is 31.7 Å². The Morgan fingerprint density at radius 3 is 2.42 bits per heavy atom. The van der Waals surface area contributed by atoms with Gasteiger partial charge in [-0.1, -0.05) is 60.3 Å². The summed E-state index contributed by atoms with van der Waals surface area (Å²) in [5.41, 5.74) is 4.57. The highest BCUT2D eigenvalue weighted by atomic mass is 32.2. The van der Waals surface area contributed by atoms with Crippen LogP contribution < -0.4 is 0 Å². The molecule has 0 saturated heterocycles. The zero-order valence-electron chi connectivity index (χ0n) is 13.8. The number of rotatable bonds is 4. The van der Waals surface area contributed by atoms with Crippen LogP contribution >= 0.6 is 34.4 Å². The van der Waals surface area contributed by atoms with Crippen molar-refractivity contribution >= 4 is 54.9 Å². The molecular weight excluding hydrogens is 376 g/mol. The first kappa shape index (κ1) is 16.0. The SMILES string of the molecule is c1ccc(CSc2nc3c(-c4nc5ccccc5s4)cccc3s2)cc1. The van der Waals surface area contributed by atoms with Gasteiger partial charge in [0.2, 0.25) is 0 Å². The molecule has 5 heteroatoms. The Hall–Kier alpha value is -2.21. The zero-order chi connectivity index (χ0) is 17.3. The Bertz CT molecular complexity index is 1160. The van der Waals surface area contributed by atoms with E-state index >= 15 is 0 Å². The highest BCUT2D eigenvalue weighted by Crippen LogP contribution is 2.38. The second-order valence-electron chi connectivity index (χ2n) is 5.89. The van der Waals surface area contributed by atoms with Crippen LogP contribution in [0.15, 0.2) is 77.1 Å². The van der Waals surface area contributed by atoms with Crippen molar-refractivity contribution in [3.8, 4) is 10.6 Å². The fourth-order valence-corrected chi connectivity index (χ4v) is 5.91. The smallest absolute Gasteiger partial charge is 0.151 e. The first-order valence-corrected chi connectivity index (χ1v) is 10.9. The highest BCUT2D eigenvalue weighted by molar-refractivity contribution is 8.00. The molecular formula is C21H14N2S3. The van der Waals surface area contributed by atoms with Crippen molar-refractivity contribution in [2.45, 2.75) is 10.1 Å². The first-order chi connectivity index (χ1) is 12.9. The number of hydrogen-bond donors (Lipinski definition) is 0. The first-order valence-electron chi connectivity index (χ1n) is 8.29. The normalized spacial score (nSPS) is 11.4. The van der Waals surface area contributed by atoms with E-state index in [2.05, 4.69) is 66.7 Å². The van der Waals surface area contributed by atoms with Gasteiger partial charge in [-0.3, -0.25) is 0 Å². The van der Waals surface area contributed by atoms with Crippen LogP contribution in [0.5, 0.6) is 0 Å². The molecule has 26 heavy (non-hydrogen) atoms. The lowest BCUT2D eigenvalue weighted by atomic mass is 10.2. The maximum absolute atomic E-state index is 4.92. The van der Waals surface area contributed by atoms with Crippen LogP contribution in [0.25, 0.3) is 31.0 Å². The zero-order valence-corrected chi connectivity index (χ0v) is 16.2. The molecule has 3 aromatic carbocycles. The predicted molar refractivity (Wildman–Crippen MR) is 114 cm³/mol. The van der Waals surface area contributed by atoms with Gasteiger partial charge in [-0.25, -0.2) is 9.97 Å². The van der Waals surface area contributed by atoms with Crippen LogP contribution in [-0.4, -0.2) is 9.97 Å². The maximum atomic E-state index is 4.92. The van der Waals surface area contributed by atoms with Crippen LogP contribution in [0.4, 0.5) is 0 Å². The second-order valence-corrected chi connectivity index (χ2v) is 9.18. The number of thiazole rings is 2. The summed E-state index contributed by atoms with van der Waals surface area (Å²) in [6, 6.07) is 25.2. The summed E-state index contributed by atoms with van der Waals surface area (Å²) in [4.78, 5) is 9.73. The molecule has 0 aliphatic carbocycles. The van der Waals surface area contributed by atoms with Gasteiger partial charge in [-0.05, 0) is 29.8 Å². The summed E-state index contributed by atoms with van der Waals surface area (Å²) in [5.74, 6) is 0.942. The van der Waals surface area contributed by atoms with E-state index in [0.29, 0.717) is 0 Å². The molecule has 5 rings (SSSR count). The van der Waals surface area contributed by atoms with Crippen LogP contribution in [0, 0.1) is 0 Å². The van der Waals surface area contributed by atoms with E-state index in [1.54, 1.807) is 34.4 Å². The van der Waals surface area contributed by atoms with Gasteiger partial charge in [0.05, 0.1) is 20.4 Å². The van der Waals surface area contributed by atoms with Crippen molar-refractivity contribution in [2.24, 2.45) is 0 Å². The minimum atomic E-state index is 0.942. The van der Waals surface area contributed by atoms with Crippen molar-refractivity contribution in [1.82, 2.24) is 9.97 Å². The molecule has 0 aliphatic rings. The van der Waals surface area contributed by atoms with Gasteiger partial charge in [0.1, 0.15) is 5.01 Å². The number of benzene rings is 3. The minimum Gasteiger partial charge on any atom is -0.236 e. The summed E-state index contributed by atoms with van der Waals surface area (Å²) >= 11 is 5.29. The van der Waals surface area contributed by atoms with Crippen LogP contribution in [-0.2, 0) is 5.75 Å². The third-order valence-corrected chi connectivity index (χ3v) is 7.43. The van der Waals surface area contributed by atoms with Crippen molar-refractivity contribution in [3.63, 3.8) is 0 Å². The molecule has 2 aromatic heterocycles. The average Bonchev–Trinajstić information content (AvgIpc) is 3.30. The van der Waals surface area contributed by atoms with Gasteiger partial charge in [-0.15, -0.1) is 22.7 Å². The lowest BCUT2D eigenvalue weighted by molar-refractivity contribution is 1.29. The fraction of sp³-hybridized carbons (Fsp3) is 0.0476. The lowest BCUT2D eigenvalue weighted by Gasteiger charge is -1.98. The fourth-order valence-electron chi connectivity index (χ4n) is 2.87. The summed E-state index contributed by atoms with van der Waals surface area (Å²) in [5, 5.41) is 1.04. The molecule has 0 aliphatic heterocycles. The third-order valence-electron chi connectivity index (χ3n) is 4.13. The summed E-state index contributed by atoms with van der Waals surface area (Å²) in [7, 11) is 0. The predicted octanol–water partition coefficient (Wildman–Crippen LogP) is 6.87. The Kier molecular flexibility index (Phi) is 4.21. The molecule has 0 spiro atoms. The molecule has 0 bridgehead atoms. The quantitative estimate of drug-likeness (QED) is 0.313. The molecule has 2 heterocycles. The Balaban J connectivity index is 1.51. The molecule has 5 aromatic rings. The standard InChI is InChI=1S/C21H14N2S3/c1-2-7-14(8-3-1)13-24-21-23-19-15(9-6-12-18(19)26-21)20-22-16-10-4-5-11-17(16)25-20/h1-12H,13H2. The number of nitrogens with zero attached hydrogens (tertiary/aromatic N) is 2. The van der Waals surface area contributed by atoms with Crippen LogP contribution in [0.1, 0.15) is 5.56 Å². The second kappa shape index (κ2) is 6.83. The summed E-state index contributed by atoms with van der Waals surface area (Å²) in [6.07, 6.45) is 0. The summed E-state index contributed by atoms with van der Waals surface area (Å²) in [6.45, 7) is 0. The van der Waals surface area contributed by atoms with Crippen molar-refractivity contribution in [1.29, 1.82) is 0 Å². The van der Waals surface area contributed by atoms with Crippen molar-refractivity contribution < 1.29 is 0 Å². The maximum Gasteiger partial charge on any atom is 0.151 e. The Labute approximate surface area is 163 Å². The molecule has 0 N–H and O–H groups in total. The molecule has 0 amide bonds. The molecule has 0 atom stereocenters. The molecule has 2 nitrogen and oxygen atoms in total. The monoisotopic (exact) mass is 390 g/mol. The molecule has 0 radical (unpaired) electrons. The Morgan fingerprint density at radius 2 is 1.54 bits per heavy atom. The van der Waals surface area contributed by atoms with Crippen LogP contribution in [0.2, 0.25) is 0 Å².